The Kier molecular flexibility index (Phi) is 6.64. The largest absolute Gasteiger partial charge is 0.444 e. The Balaban J connectivity index is 1.88. The number of ether oxygens (including phenoxy) is 1. The maximum Gasteiger partial charge on any atom is 0.426 e. The minimum atomic E-state index is -0.706. The van der Waals surface area contributed by atoms with Gasteiger partial charge >= 0.3 is 6.09 Å². The average Bonchev–Trinajstić information content (AvgIpc) is 3.14. The first kappa shape index (κ1) is 17.3. The second-order valence-corrected chi connectivity index (χ2v) is 5.05. The number of carbonyl (C=O) groups excluding carboxylic acids is 2. The molecule has 1 aromatic carbocycles. The molecule has 0 radical (unpaired) electrons. The van der Waals surface area contributed by atoms with Crippen molar-refractivity contribution in [2.75, 3.05) is 6.61 Å². The number of allylic oxidation sites excluding steroid dienone is 1. The van der Waals surface area contributed by atoms with E-state index in [0.29, 0.717) is 5.56 Å². The Hall–Kier alpha value is -3.02. The molecule has 2 amide bonds. The number of unbranched alkanes of at least 4 members (excludes halogenated alkanes) is 1. The van der Waals surface area contributed by atoms with Crippen LogP contribution in [0.2, 0.25) is 0 Å². The molecule has 0 unspecified atom stereocenters. The number of benzene rings is 1. The van der Waals surface area contributed by atoms with Gasteiger partial charge in [-0.25, -0.2) is 10.2 Å². The third kappa shape index (κ3) is 5.01. The Labute approximate surface area is 141 Å². The van der Waals surface area contributed by atoms with E-state index in [0.717, 1.165) is 18.5 Å². The Morgan fingerprint density at radius 2 is 1.83 bits per heavy atom. The van der Waals surface area contributed by atoms with Crippen LogP contribution in [0.1, 0.15) is 30.1 Å². The van der Waals surface area contributed by atoms with Crippen molar-refractivity contribution in [1.29, 1.82) is 0 Å². The lowest BCUT2D eigenvalue weighted by Gasteiger charge is -2.11. The van der Waals surface area contributed by atoms with Gasteiger partial charge in [-0.3, -0.25) is 10.2 Å². The van der Waals surface area contributed by atoms with Crippen molar-refractivity contribution in [3.63, 3.8) is 0 Å². The molecule has 2 N–H and O–H groups in total. The fraction of sp³-hybridized carbons (Fsp3) is 0.222. The molecule has 2 rings (SSSR count). The maximum atomic E-state index is 12.3. The first-order chi connectivity index (χ1) is 11.7. The summed E-state index contributed by atoms with van der Waals surface area (Å²) >= 11 is 0. The Morgan fingerprint density at radius 3 is 2.58 bits per heavy atom. The van der Waals surface area contributed by atoms with Crippen LogP contribution in [0.4, 0.5) is 4.79 Å². The Morgan fingerprint density at radius 1 is 1.08 bits per heavy atom. The molecule has 0 atom stereocenters. The van der Waals surface area contributed by atoms with Crippen molar-refractivity contribution in [1.82, 2.24) is 15.4 Å². The summed E-state index contributed by atoms with van der Waals surface area (Å²) in [6.45, 7) is 2.24. The first-order valence-corrected chi connectivity index (χ1v) is 7.83. The van der Waals surface area contributed by atoms with E-state index in [4.69, 9.17) is 4.74 Å². The summed E-state index contributed by atoms with van der Waals surface area (Å²) in [6, 6.07) is 10.9. The van der Waals surface area contributed by atoms with Crippen molar-refractivity contribution in [2.24, 2.45) is 0 Å². The summed E-state index contributed by atoms with van der Waals surface area (Å²) in [6.07, 6.45) is 8.68. The van der Waals surface area contributed by atoms with Gasteiger partial charge in [-0.05, 0) is 30.7 Å². The molecule has 2 aromatic rings. The third-order valence-electron chi connectivity index (χ3n) is 3.24. The van der Waals surface area contributed by atoms with E-state index >= 15 is 0 Å². The zero-order valence-corrected chi connectivity index (χ0v) is 13.6. The summed E-state index contributed by atoms with van der Waals surface area (Å²) in [5, 5.41) is 0. The number of para-hydroxylation sites is 1. The van der Waals surface area contributed by atoms with Crippen molar-refractivity contribution in [3.8, 4) is 5.69 Å². The van der Waals surface area contributed by atoms with Crippen molar-refractivity contribution in [3.05, 3.63) is 66.5 Å². The van der Waals surface area contributed by atoms with E-state index in [2.05, 4.69) is 17.8 Å². The van der Waals surface area contributed by atoms with Crippen LogP contribution < -0.4 is 10.9 Å². The molecule has 0 aliphatic carbocycles. The summed E-state index contributed by atoms with van der Waals surface area (Å²) in [5.41, 5.74) is 5.75. The molecule has 6 heteroatoms. The standard InChI is InChI=1S/C18H21N3O3/c1-2-3-4-9-14-24-18(23)20-19-17(22)15-10-5-6-11-16(15)21-12-7-8-13-21/h4-13H,2-3,14H2,1H3,(H,19,22)(H,20,23)/b9-4+. The van der Waals surface area contributed by atoms with Crippen molar-refractivity contribution in [2.45, 2.75) is 19.8 Å². The van der Waals surface area contributed by atoms with Crippen LogP contribution in [0.25, 0.3) is 5.69 Å². The number of aromatic nitrogens is 1. The monoisotopic (exact) mass is 327 g/mol. The molecule has 6 nitrogen and oxygen atoms in total. The van der Waals surface area contributed by atoms with E-state index < -0.39 is 12.0 Å². The number of amides is 2. The van der Waals surface area contributed by atoms with E-state index in [-0.39, 0.29) is 6.61 Å². The smallest absolute Gasteiger partial charge is 0.426 e. The fourth-order valence-electron chi connectivity index (χ4n) is 2.07. The van der Waals surface area contributed by atoms with E-state index in [1.165, 1.54) is 0 Å². The number of nitrogens with one attached hydrogen (secondary N) is 2. The van der Waals surface area contributed by atoms with Gasteiger partial charge in [0.05, 0.1) is 11.3 Å². The zero-order chi connectivity index (χ0) is 17.2. The van der Waals surface area contributed by atoms with Crippen molar-refractivity contribution < 1.29 is 14.3 Å². The number of hydrazine groups is 1. The predicted octanol–water partition coefficient (Wildman–Crippen LogP) is 3.20. The van der Waals surface area contributed by atoms with E-state index in [9.17, 15) is 9.59 Å². The van der Waals surface area contributed by atoms with Crippen LogP contribution in [0.3, 0.4) is 0 Å². The van der Waals surface area contributed by atoms with Crippen LogP contribution in [0.15, 0.2) is 60.9 Å². The lowest BCUT2D eigenvalue weighted by atomic mass is 10.1. The molecule has 1 aromatic heterocycles. The third-order valence-corrected chi connectivity index (χ3v) is 3.24. The van der Waals surface area contributed by atoms with Crippen LogP contribution in [-0.4, -0.2) is 23.2 Å². The van der Waals surface area contributed by atoms with Gasteiger partial charge in [0, 0.05) is 12.4 Å². The normalized spacial score (nSPS) is 10.5. The van der Waals surface area contributed by atoms with Gasteiger partial charge in [0.1, 0.15) is 6.61 Å². The number of hydrogen-bond donors (Lipinski definition) is 2. The SMILES string of the molecule is CCC/C=C/COC(=O)NNC(=O)c1ccccc1-n1cccc1. The molecule has 0 fully saturated rings. The predicted molar refractivity (Wildman–Crippen MR) is 91.8 cm³/mol. The first-order valence-electron chi connectivity index (χ1n) is 7.83. The number of rotatable bonds is 6. The molecule has 0 spiro atoms. The number of nitrogens with zero attached hydrogens (tertiary/aromatic N) is 1. The van der Waals surface area contributed by atoms with Gasteiger partial charge in [-0.15, -0.1) is 0 Å². The number of carbonyl (C=O) groups is 2. The molecule has 0 bridgehead atoms. The van der Waals surface area contributed by atoms with Crippen molar-refractivity contribution >= 4 is 12.0 Å². The molecule has 0 aliphatic heterocycles. The molecule has 126 valence electrons. The molecule has 0 aliphatic rings. The molecular weight excluding hydrogens is 306 g/mol. The van der Waals surface area contributed by atoms with Gasteiger partial charge in [-0.1, -0.05) is 37.6 Å². The quantitative estimate of drug-likeness (QED) is 0.632. The summed E-state index contributed by atoms with van der Waals surface area (Å²) in [4.78, 5) is 23.8. The van der Waals surface area contributed by atoms with E-state index in [1.807, 2.05) is 47.3 Å². The zero-order valence-electron chi connectivity index (χ0n) is 13.6. The topological polar surface area (TPSA) is 72.4 Å². The van der Waals surface area contributed by atoms with Gasteiger partial charge in [0.25, 0.3) is 5.91 Å². The molecule has 24 heavy (non-hydrogen) atoms. The highest BCUT2D eigenvalue weighted by atomic mass is 16.6. The summed E-state index contributed by atoms with van der Waals surface area (Å²) in [7, 11) is 0. The van der Waals surface area contributed by atoms with Gasteiger partial charge < -0.3 is 9.30 Å². The highest BCUT2D eigenvalue weighted by molar-refractivity contribution is 5.98. The Bertz CT molecular complexity index is 693. The van der Waals surface area contributed by atoms with Gasteiger partial charge in [0.2, 0.25) is 0 Å². The highest BCUT2D eigenvalue weighted by Crippen LogP contribution is 2.14. The van der Waals surface area contributed by atoms with Crippen LogP contribution in [0, 0.1) is 0 Å². The lowest BCUT2D eigenvalue weighted by molar-refractivity contribution is 0.0915. The van der Waals surface area contributed by atoms with E-state index in [1.54, 1.807) is 18.2 Å². The fourth-order valence-corrected chi connectivity index (χ4v) is 2.07. The number of hydrogen-bond acceptors (Lipinski definition) is 3. The highest BCUT2D eigenvalue weighted by Gasteiger charge is 2.12. The minimum Gasteiger partial charge on any atom is -0.444 e. The van der Waals surface area contributed by atoms with Crippen LogP contribution in [-0.2, 0) is 4.74 Å². The molecular formula is C18H21N3O3. The maximum absolute atomic E-state index is 12.3. The van der Waals surface area contributed by atoms with Crippen LogP contribution >= 0.6 is 0 Å². The molecule has 0 saturated heterocycles. The van der Waals surface area contributed by atoms with Crippen LogP contribution in [0.5, 0.6) is 0 Å². The minimum absolute atomic E-state index is 0.168. The molecule has 1 heterocycles. The summed E-state index contributed by atoms with van der Waals surface area (Å²) in [5.74, 6) is -0.419. The summed E-state index contributed by atoms with van der Waals surface area (Å²) < 4.78 is 6.75. The van der Waals surface area contributed by atoms with Gasteiger partial charge in [-0.2, -0.15) is 0 Å². The second kappa shape index (κ2) is 9.19. The average molecular weight is 327 g/mol. The second-order valence-electron chi connectivity index (χ2n) is 5.05. The molecule has 0 saturated carbocycles. The van der Waals surface area contributed by atoms with Gasteiger partial charge in [0.15, 0.2) is 0 Å². The lowest BCUT2D eigenvalue weighted by Crippen LogP contribution is -2.42.